The Hall–Kier alpha value is -0.780. The number of aliphatic hydroxyl groups excluding tert-OH is 1. The molecule has 1 nitrogen and oxygen atoms in total. The number of hydrogen-bond donors (Lipinski definition) is 1. The van der Waals surface area contributed by atoms with E-state index in [9.17, 15) is 5.11 Å². The summed E-state index contributed by atoms with van der Waals surface area (Å²) >= 11 is 1.64. The van der Waals surface area contributed by atoms with Crippen LogP contribution >= 0.6 is 11.3 Å². The molecule has 2 heteroatoms. The molecule has 0 radical (unpaired) electrons. The minimum absolute atomic E-state index is 0.328. The third kappa shape index (κ3) is 2.87. The number of thiophene rings is 1. The average molecular weight is 208 g/mol. The first-order valence-electron chi connectivity index (χ1n) is 4.93. The predicted octanol–water partition coefficient (Wildman–Crippen LogP) is 3.15. The summed E-state index contributed by atoms with van der Waals surface area (Å²) in [6.07, 6.45) is 2.19. The molecule has 0 aliphatic rings. The molecule has 0 bridgehead atoms. The molecule has 0 aromatic carbocycles. The van der Waals surface area contributed by atoms with Gasteiger partial charge in [-0.1, -0.05) is 6.92 Å². The average Bonchev–Trinajstić information content (AvgIpc) is 2.65. The molecule has 0 aliphatic carbocycles. The minimum atomic E-state index is -0.328. The van der Waals surface area contributed by atoms with E-state index in [2.05, 4.69) is 24.8 Å². The van der Waals surface area contributed by atoms with Crippen molar-refractivity contribution in [2.24, 2.45) is 0 Å². The fourth-order valence-corrected chi connectivity index (χ4v) is 2.41. The van der Waals surface area contributed by atoms with Crippen LogP contribution in [-0.2, 0) is 6.42 Å². The van der Waals surface area contributed by atoms with Crippen molar-refractivity contribution >= 4 is 11.3 Å². The van der Waals surface area contributed by atoms with Crippen LogP contribution in [0, 0.1) is 11.8 Å². The molecule has 1 unspecified atom stereocenters. The highest BCUT2D eigenvalue weighted by Crippen LogP contribution is 2.27. The number of aliphatic hydroxyl groups is 1. The fourth-order valence-electron chi connectivity index (χ4n) is 1.40. The summed E-state index contributed by atoms with van der Waals surface area (Å²) in [5.74, 6) is 5.81. The van der Waals surface area contributed by atoms with E-state index in [0.717, 1.165) is 24.1 Å². The van der Waals surface area contributed by atoms with Crippen LogP contribution in [0.25, 0.3) is 0 Å². The molecule has 1 aromatic heterocycles. The lowest BCUT2D eigenvalue weighted by molar-refractivity contribution is 0.172. The zero-order valence-electron chi connectivity index (χ0n) is 8.71. The molecule has 1 atom stereocenters. The monoisotopic (exact) mass is 208 g/mol. The normalized spacial score (nSPS) is 11.9. The lowest BCUT2D eigenvalue weighted by Crippen LogP contribution is -1.97. The highest BCUT2D eigenvalue weighted by molar-refractivity contribution is 7.10. The molecule has 1 rings (SSSR count). The fraction of sp³-hybridized carbons (Fsp3) is 0.500. The lowest BCUT2D eigenvalue weighted by Gasteiger charge is -2.08. The van der Waals surface area contributed by atoms with Gasteiger partial charge in [0.25, 0.3) is 0 Å². The maximum absolute atomic E-state index is 9.89. The molecular formula is C12H16OS. The Kier molecular flexibility index (Phi) is 4.72. The van der Waals surface area contributed by atoms with Crippen LogP contribution in [0.3, 0.4) is 0 Å². The van der Waals surface area contributed by atoms with E-state index in [1.54, 1.807) is 11.3 Å². The molecule has 0 aliphatic heterocycles. The van der Waals surface area contributed by atoms with Crippen molar-refractivity contribution in [3.05, 3.63) is 21.9 Å². The van der Waals surface area contributed by atoms with Gasteiger partial charge in [-0.3, -0.25) is 0 Å². The van der Waals surface area contributed by atoms with Crippen molar-refractivity contribution in [3.63, 3.8) is 0 Å². The second-order valence-electron chi connectivity index (χ2n) is 3.14. The standard InChI is InChI=1S/C12H16OS/c1-3-5-6-7-11(13)12-10(4-2)8-9-14-12/h8-9,11,13H,4,6-7H2,1-2H3. The van der Waals surface area contributed by atoms with Gasteiger partial charge in [0.15, 0.2) is 0 Å². The van der Waals surface area contributed by atoms with Crippen molar-refractivity contribution in [2.45, 2.75) is 39.2 Å². The van der Waals surface area contributed by atoms with E-state index in [1.165, 1.54) is 5.56 Å². The first-order chi connectivity index (χ1) is 6.79. The Morgan fingerprint density at radius 2 is 2.36 bits per heavy atom. The number of hydrogen-bond acceptors (Lipinski definition) is 2. The molecule has 1 N–H and O–H groups in total. The van der Waals surface area contributed by atoms with Crippen LogP contribution in [0.15, 0.2) is 11.4 Å². The zero-order valence-corrected chi connectivity index (χ0v) is 9.53. The molecule has 1 heterocycles. The molecule has 0 spiro atoms. The van der Waals surface area contributed by atoms with Crippen molar-refractivity contribution in [1.29, 1.82) is 0 Å². The quantitative estimate of drug-likeness (QED) is 0.754. The smallest absolute Gasteiger partial charge is 0.0893 e. The Morgan fingerprint density at radius 1 is 1.57 bits per heavy atom. The SMILES string of the molecule is CC#CCCC(O)c1sccc1CC. The van der Waals surface area contributed by atoms with Crippen LogP contribution in [0.1, 0.15) is 43.2 Å². The summed E-state index contributed by atoms with van der Waals surface area (Å²) in [6, 6.07) is 2.09. The molecule has 0 fully saturated rings. The topological polar surface area (TPSA) is 20.2 Å². The maximum Gasteiger partial charge on any atom is 0.0893 e. The van der Waals surface area contributed by atoms with Gasteiger partial charge in [0.1, 0.15) is 0 Å². The van der Waals surface area contributed by atoms with Gasteiger partial charge in [0, 0.05) is 11.3 Å². The predicted molar refractivity (Wildman–Crippen MR) is 61.3 cm³/mol. The van der Waals surface area contributed by atoms with Crippen LogP contribution in [-0.4, -0.2) is 5.11 Å². The van der Waals surface area contributed by atoms with E-state index in [4.69, 9.17) is 0 Å². The molecule has 14 heavy (non-hydrogen) atoms. The van der Waals surface area contributed by atoms with Crippen LogP contribution < -0.4 is 0 Å². The molecule has 0 saturated carbocycles. The highest BCUT2D eigenvalue weighted by Gasteiger charge is 2.11. The third-order valence-corrected chi connectivity index (χ3v) is 3.24. The summed E-state index contributed by atoms with van der Waals surface area (Å²) in [5.41, 5.74) is 1.27. The molecule has 1 aromatic rings. The lowest BCUT2D eigenvalue weighted by atomic mass is 10.1. The van der Waals surface area contributed by atoms with E-state index in [-0.39, 0.29) is 6.10 Å². The molecule has 76 valence electrons. The second-order valence-corrected chi connectivity index (χ2v) is 4.09. The Balaban J connectivity index is 2.58. The van der Waals surface area contributed by atoms with Gasteiger partial charge < -0.3 is 5.11 Å². The molecular weight excluding hydrogens is 192 g/mol. The van der Waals surface area contributed by atoms with E-state index >= 15 is 0 Å². The van der Waals surface area contributed by atoms with Gasteiger partial charge in [0.05, 0.1) is 6.10 Å². The van der Waals surface area contributed by atoms with Gasteiger partial charge in [-0.15, -0.1) is 23.2 Å². The largest absolute Gasteiger partial charge is 0.388 e. The first kappa shape index (κ1) is 11.3. The zero-order chi connectivity index (χ0) is 10.4. The van der Waals surface area contributed by atoms with E-state index in [1.807, 2.05) is 12.3 Å². The van der Waals surface area contributed by atoms with Crippen molar-refractivity contribution in [2.75, 3.05) is 0 Å². The molecule has 0 amide bonds. The van der Waals surface area contributed by atoms with Crippen molar-refractivity contribution in [1.82, 2.24) is 0 Å². The van der Waals surface area contributed by atoms with Gasteiger partial charge >= 0.3 is 0 Å². The summed E-state index contributed by atoms with van der Waals surface area (Å²) in [5, 5.41) is 11.9. The van der Waals surface area contributed by atoms with Gasteiger partial charge in [-0.2, -0.15) is 0 Å². The summed E-state index contributed by atoms with van der Waals surface area (Å²) in [6.45, 7) is 3.94. The second kappa shape index (κ2) is 5.85. The Labute approximate surface area is 89.8 Å². The van der Waals surface area contributed by atoms with Gasteiger partial charge in [-0.25, -0.2) is 0 Å². The highest BCUT2D eigenvalue weighted by atomic mass is 32.1. The molecule has 0 saturated heterocycles. The Morgan fingerprint density at radius 3 is 3.00 bits per heavy atom. The van der Waals surface area contributed by atoms with Crippen molar-refractivity contribution in [3.8, 4) is 11.8 Å². The number of aryl methyl sites for hydroxylation is 1. The van der Waals surface area contributed by atoms with Crippen LogP contribution in [0.4, 0.5) is 0 Å². The van der Waals surface area contributed by atoms with Gasteiger partial charge in [0.2, 0.25) is 0 Å². The van der Waals surface area contributed by atoms with Crippen LogP contribution in [0.5, 0.6) is 0 Å². The third-order valence-electron chi connectivity index (χ3n) is 2.18. The van der Waals surface area contributed by atoms with E-state index in [0.29, 0.717) is 0 Å². The minimum Gasteiger partial charge on any atom is -0.388 e. The van der Waals surface area contributed by atoms with Crippen molar-refractivity contribution < 1.29 is 5.11 Å². The summed E-state index contributed by atoms with van der Waals surface area (Å²) in [4.78, 5) is 1.12. The van der Waals surface area contributed by atoms with E-state index < -0.39 is 0 Å². The Bertz CT molecular complexity index is 330. The van der Waals surface area contributed by atoms with Gasteiger partial charge in [-0.05, 0) is 36.8 Å². The van der Waals surface area contributed by atoms with Crippen LogP contribution in [0.2, 0.25) is 0 Å². The summed E-state index contributed by atoms with van der Waals surface area (Å²) < 4.78 is 0. The maximum atomic E-state index is 9.89. The first-order valence-corrected chi connectivity index (χ1v) is 5.81. The summed E-state index contributed by atoms with van der Waals surface area (Å²) in [7, 11) is 0. The number of rotatable bonds is 4.